The Hall–Kier alpha value is -0.890. The molecule has 108 valence electrons. The van der Waals surface area contributed by atoms with Crippen LogP contribution in [0.4, 0.5) is 0 Å². The summed E-state index contributed by atoms with van der Waals surface area (Å²) < 4.78 is 7.01. The fourth-order valence-electron chi connectivity index (χ4n) is 2.34. The molecule has 1 aliphatic rings. The van der Waals surface area contributed by atoms with Gasteiger partial charge in [0.15, 0.2) is 6.23 Å². The first kappa shape index (κ1) is 14.1. The lowest BCUT2D eigenvalue weighted by molar-refractivity contribution is -0.0508. The molecule has 1 saturated heterocycles. The van der Waals surface area contributed by atoms with E-state index in [0.29, 0.717) is 21.1 Å². The van der Waals surface area contributed by atoms with Gasteiger partial charge in [0.2, 0.25) is 0 Å². The molecule has 0 spiro atoms. The Morgan fingerprint density at radius 2 is 1.90 bits per heavy atom. The number of hydrogen-bond donors (Lipinski definition) is 3. The Balaban J connectivity index is 2.05. The summed E-state index contributed by atoms with van der Waals surface area (Å²) in [6.07, 6.45) is -2.54. The predicted octanol–water partition coefficient (Wildman–Crippen LogP) is 0.955. The molecule has 2 heterocycles. The van der Waals surface area contributed by atoms with E-state index in [9.17, 15) is 10.2 Å². The Morgan fingerprint density at radius 1 is 1.20 bits per heavy atom. The molecule has 1 aromatic carbocycles. The van der Waals surface area contributed by atoms with Crippen LogP contribution in [0.5, 0.6) is 0 Å². The van der Waals surface area contributed by atoms with Gasteiger partial charge in [0.05, 0.1) is 34.0 Å². The molecule has 3 rings (SSSR count). The number of fused-ring (bicyclic) bond motifs is 1. The largest absolute Gasteiger partial charge is 0.394 e. The maximum Gasteiger partial charge on any atom is 0.164 e. The topological polar surface area (TPSA) is 87.7 Å². The van der Waals surface area contributed by atoms with Crippen LogP contribution in [0.15, 0.2) is 18.5 Å². The van der Waals surface area contributed by atoms with Crippen LogP contribution in [0.25, 0.3) is 11.0 Å². The zero-order valence-corrected chi connectivity index (χ0v) is 11.7. The van der Waals surface area contributed by atoms with Gasteiger partial charge in [-0.05, 0) is 12.1 Å². The first-order valence-corrected chi connectivity index (χ1v) is 6.72. The van der Waals surface area contributed by atoms with Crippen molar-refractivity contribution < 1.29 is 20.1 Å². The smallest absolute Gasteiger partial charge is 0.164 e. The molecular formula is C12H12Cl2N2O4. The van der Waals surface area contributed by atoms with Crippen molar-refractivity contribution in [3.05, 3.63) is 28.5 Å². The van der Waals surface area contributed by atoms with E-state index in [1.165, 1.54) is 6.33 Å². The standard InChI is InChI=1S/C12H12Cl2N2O4/c13-5-1-7-8(2-6(5)14)16(4-15-7)12-11(19)10(18)9(3-17)20-12/h1-2,4,9-12,17-19H,3H2/t9-,10+,11-,12-/m0/s1. The molecule has 1 fully saturated rings. The van der Waals surface area contributed by atoms with Crippen molar-refractivity contribution >= 4 is 34.2 Å². The summed E-state index contributed by atoms with van der Waals surface area (Å²) in [5.41, 5.74) is 1.21. The number of aliphatic hydroxyl groups excluding tert-OH is 3. The van der Waals surface area contributed by atoms with Crippen LogP contribution in [0, 0.1) is 0 Å². The van der Waals surface area contributed by atoms with E-state index in [0.717, 1.165) is 0 Å². The molecule has 0 unspecified atom stereocenters. The molecule has 0 saturated carbocycles. The van der Waals surface area contributed by atoms with Crippen molar-refractivity contribution in [1.82, 2.24) is 9.55 Å². The average molecular weight is 319 g/mol. The quantitative estimate of drug-likeness (QED) is 0.767. The van der Waals surface area contributed by atoms with Crippen LogP contribution in [0.1, 0.15) is 6.23 Å². The summed E-state index contributed by atoms with van der Waals surface area (Å²) in [6, 6.07) is 3.22. The number of nitrogens with zero attached hydrogens (tertiary/aromatic N) is 2. The van der Waals surface area contributed by atoms with Crippen LogP contribution in [0.2, 0.25) is 10.0 Å². The molecule has 6 nitrogen and oxygen atoms in total. The zero-order valence-electron chi connectivity index (χ0n) is 10.1. The Kier molecular flexibility index (Phi) is 3.62. The van der Waals surface area contributed by atoms with E-state index in [-0.39, 0.29) is 6.61 Å². The highest BCUT2D eigenvalue weighted by molar-refractivity contribution is 6.42. The number of halogens is 2. The van der Waals surface area contributed by atoms with Gasteiger partial charge >= 0.3 is 0 Å². The maximum absolute atomic E-state index is 10.0. The molecule has 8 heteroatoms. The van der Waals surface area contributed by atoms with Gasteiger partial charge in [0.1, 0.15) is 18.3 Å². The van der Waals surface area contributed by atoms with Crippen LogP contribution < -0.4 is 0 Å². The molecule has 0 aliphatic carbocycles. The Morgan fingerprint density at radius 3 is 2.55 bits per heavy atom. The highest BCUT2D eigenvalue weighted by Crippen LogP contribution is 2.34. The molecule has 4 atom stereocenters. The highest BCUT2D eigenvalue weighted by atomic mass is 35.5. The first-order chi connectivity index (χ1) is 9.52. The van der Waals surface area contributed by atoms with E-state index in [4.69, 9.17) is 33.0 Å². The lowest BCUT2D eigenvalue weighted by Gasteiger charge is -2.17. The van der Waals surface area contributed by atoms with Crippen molar-refractivity contribution in [2.75, 3.05) is 6.61 Å². The SMILES string of the molecule is OC[C@@H]1O[C@H](n2cnc3cc(Cl)c(Cl)cc32)[C@@H](O)[C@@H]1O. The van der Waals surface area contributed by atoms with Gasteiger partial charge in [-0.15, -0.1) is 0 Å². The van der Waals surface area contributed by atoms with Crippen molar-refractivity contribution in [3.8, 4) is 0 Å². The van der Waals surface area contributed by atoms with E-state index in [1.807, 2.05) is 0 Å². The summed E-state index contributed by atoms with van der Waals surface area (Å²) >= 11 is 11.9. The van der Waals surface area contributed by atoms with Crippen molar-refractivity contribution in [3.63, 3.8) is 0 Å². The number of aliphatic hydroxyl groups is 3. The third kappa shape index (κ3) is 2.09. The summed E-state index contributed by atoms with van der Waals surface area (Å²) in [7, 11) is 0. The fourth-order valence-corrected chi connectivity index (χ4v) is 2.65. The summed E-state index contributed by atoms with van der Waals surface area (Å²) in [5.74, 6) is 0. The zero-order chi connectivity index (χ0) is 14.4. The minimum absolute atomic E-state index is 0.354. The van der Waals surface area contributed by atoms with Gasteiger partial charge in [-0.1, -0.05) is 23.2 Å². The normalized spacial score (nSPS) is 30.2. The number of rotatable bonds is 2. The third-order valence-electron chi connectivity index (χ3n) is 3.41. The number of imidazole rings is 1. The van der Waals surface area contributed by atoms with Gasteiger partial charge in [-0.25, -0.2) is 4.98 Å². The Labute approximate surface area is 124 Å². The van der Waals surface area contributed by atoms with Gasteiger partial charge in [-0.2, -0.15) is 0 Å². The second-order valence-corrected chi connectivity index (χ2v) is 5.45. The molecular weight excluding hydrogens is 307 g/mol. The lowest BCUT2D eigenvalue weighted by atomic mass is 10.1. The minimum Gasteiger partial charge on any atom is -0.394 e. The highest BCUT2D eigenvalue weighted by Gasteiger charge is 2.43. The lowest BCUT2D eigenvalue weighted by Crippen LogP contribution is -2.33. The molecule has 0 radical (unpaired) electrons. The van der Waals surface area contributed by atoms with Crippen LogP contribution >= 0.6 is 23.2 Å². The van der Waals surface area contributed by atoms with E-state index < -0.39 is 24.5 Å². The summed E-state index contributed by atoms with van der Waals surface area (Å²) in [5, 5.41) is 29.6. The molecule has 3 N–H and O–H groups in total. The molecule has 2 aromatic rings. The van der Waals surface area contributed by atoms with Crippen molar-refractivity contribution in [2.45, 2.75) is 24.5 Å². The number of ether oxygens (including phenoxy) is 1. The second-order valence-electron chi connectivity index (χ2n) is 4.64. The fraction of sp³-hybridized carbons (Fsp3) is 0.417. The van der Waals surface area contributed by atoms with E-state index in [1.54, 1.807) is 16.7 Å². The molecule has 1 aliphatic heterocycles. The number of hydrogen-bond acceptors (Lipinski definition) is 5. The predicted molar refractivity (Wildman–Crippen MR) is 72.8 cm³/mol. The van der Waals surface area contributed by atoms with Crippen LogP contribution in [-0.2, 0) is 4.74 Å². The summed E-state index contributed by atoms with van der Waals surface area (Å²) in [4.78, 5) is 4.16. The third-order valence-corrected chi connectivity index (χ3v) is 4.13. The van der Waals surface area contributed by atoms with Gasteiger partial charge in [-0.3, -0.25) is 0 Å². The molecule has 0 amide bonds. The molecule has 1 aromatic heterocycles. The molecule has 20 heavy (non-hydrogen) atoms. The second kappa shape index (κ2) is 5.14. The van der Waals surface area contributed by atoms with Crippen LogP contribution in [0.3, 0.4) is 0 Å². The minimum atomic E-state index is -1.17. The monoisotopic (exact) mass is 318 g/mol. The van der Waals surface area contributed by atoms with Gasteiger partial charge < -0.3 is 24.6 Å². The summed E-state index contributed by atoms with van der Waals surface area (Å²) in [6.45, 7) is -0.381. The number of benzene rings is 1. The average Bonchev–Trinajstić information content (AvgIpc) is 2.94. The van der Waals surface area contributed by atoms with Crippen molar-refractivity contribution in [1.29, 1.82) is 0 Å². The van der Waals surface area contributed by atoms with Gasteiger partial charge in [0, 0.05) is 0 Å². The number of aromatic nitrogens is 2. The van der Waals surface area contributed by atoms with Crippen molar-refractivity contribution in [2.24, 2.45) is 0 Å². The van der Waals surface area contributed by atoms with Crippen LogP contribution in [-0.4, -0.2) is 49.8 Å². The van der Waals surface area contributed by atoms with E-state index in [2.05, 4.69) is 4.98 Å². The molecule has 0 bridgehead atoms. The van der Waals surface area contributed by atoms with Gasteiger partial charge in [0.25, 0.3) is 0 Å². The maximum atomic E-state index is 10.0. The Bertz CT molecular complexity index is 648. The first-order valence-electron chi connectivity index (χ1n) is 5.97. The van der Waals surface area contributed by atoms with E-state index >= 15 is 0 Å².